The Bertz CT molecular complexity index is 1250. The molecule has 1 aliphatic rings. The molecule has 0 spiro atoms. The van der Waals surface area contributed by atoms with Gasteiger partial charge >= 0.3 is 6.08 Å². The van der Waals surface area contributed by atoms with Gasteiger partial charge in [-0.3, -0.25) is 9.59 Å². The van der Waals surface area contributed by atoms with E-state index in [0.29, 0.717) is 49.2 Å². The minimum absolute atomic E-state index is 0.201. The number of ketones is 1. The van der Waals surface area contributed by atoms with Crippen molar-refractivity contribution in [2.24, 2.45) is 4.99 Å². The fraction of sp³-hybridized carbons (Fsp3) is 0.385. The van der Waals surface area contributed by atoms with Crippen molar-refractivity contribution < 1.29 is 14.0 Å². The first-order valence-corrected chi connectivity index (χ1v) is 12.0. The molecule has 0 atom stereocenters. The molecule has 0 saturated heterocycles. The highest BCUT2D eigenvalue weighted by molar-refractivity contribution is 6.22. The van der Waals surface area contributed by atoms with Gasteiger partial charge in [0.2, 0.25) is 17.6 Å². The molecule has 1 N–H and O–H groups in total. The zero-order valence-corrected chi connectivity index (χ0v) is 21.6. The minimum atomic E-state index is -0.790. The molecule has 1 aromatic heterocycles. The highest BCUT2D eigenvalue weighted by Crippen LogP contribution is 2.27. The minimum Gasteiger partial charge on any atom is -0.364 e. The first-order chi connectivity index (χ1) is 17.1. The van der Waals surface area contributed by atoms with Crippen LogP contribution < -0.4 is 15.1 Å². The molecule has 1 aromatic carbocycles. The topological polar surface area (TPSA) is 104 Å². The Kier molecular flexibility index (Phi) is 8.63. The Balaban J connectivity index is 1.87. The predicted octanol–water partition coefficient (Wildman–Crippen LogP) is 3.81. The van der Waals surface area contributed by atoms with Gasteiger partial charge < -0.3 is 15.1 Å². The SMILES string of the molecule is CCN(Cc1nc(F)nc(N(CC)CC)n1)c1ccc(N=C2C=C(NC(C)=O)C(=O)C=C2C)c(C)c1. The number of nitrogens with one attached hydrogen (secondary N) is 1. The van der Waals surface area contributed by atoms with E-state index in [0.717, 1.165) is 16.9 Å². The van der Waals surface area contributed by atoms with Crippen LogP contribution in [-0.4, -0.2) is 52.0 Å². The lowest BCUT2D eigenvalue weighted by atomic mass is 10.0. The fourth-order valence-electron chi connectivity index (χ4n) is 3.82. The third-order valence-corrected chi connectivity index (χ3v) is 5.80. The molecule has 0 unspecified atom stereocenters. The summed E-state index contributed by atoms with van der Waals surface area (Å²) in [4.78, 5) is 44.5. The fourth-order valence-corrected chi connectivity index (χ4v) is 3.82. The van der Waals surface area contributed by atoms with Crippen molar-refractivity contribution in [3.05, 3.63) is 59.1 Å². The molecule has 36 heavy (non-hydrogen) atoms. The van der Waals surface area contributed by atoms with Crippen LogP contribution in [0.25, 0.3) is 0 Å². The maximum Gasteiger partial charge on any atom is 0.313 e. The van der Waals surface area contributed by atoms with Gasteiger partial charge in [0, 0.05) is 32.2 Å². The Labute approximate surface area is 210 Å². The van der Waals surface area contributed by atoms with Crippen molar-refractivity contribution in [1.82, 2.24) is 20.3 Å². The molecule has 1 heterocycles. The van der Waals surface area contributed by atoms with E-state index in [-0.39, 0.29) is 17.4 Å². The van der Waals surface area contributed by atoms with E-state index in [4.69, 9.17) is 4.99 Å². The van der Waals surface area contributed by atoms with Crippen molar-refractivity contribution in [2.45, 2.75) is 48.1 Å². The van der Waals surface area contributed by atoms with Crippen molar-refractivity contribution in [3.8, 4) is 0 Å². The van der Waals surface area contributed by atoms with E-state index in [9.17, 15) is 14.0 Å². The van der Waals surface area contributed by atoms with Crippen LogP contribution in [0.15, 0.2) is 46.6 Å². The van der Waals surface area contributed by atoms with Crippen LogP contribution in [0.3, 0.4) is 0 Å². The van der Waals surface area contributed by atoms with Gasteiger partial charge in [-0.2, -0.15) is 19.3 Å². The van der Waals surface area contributed by atoms with Crippen molar-refractivity contribution in [3.63, 3.8) is 0 Å². The molecule has 0 saturated carbocycles. The van der Waals surface area contributed by atoms with Crippen molar-refractivity contribution in [1.29, 1.82) is 0 Å². The van der Waals surface area contributed by atoms with Gasteiger partial charge in [0.05, 0.1) is 23.6 Å². The Hall–Kier alpha value is -3.95. The lowest BCUT2D eigenvalue weighted by molar-refractivity contribution is -0.120. The lowest BCUT2D eigenvalue weighted by Gasteiger charge is -2.24. The third kappa shape index (κ3) is 6.38. The number of rotatable bonds is 9. The summed E-state index contributed by atoms with van der Waals surface area (Å²) in [6, 6.07) is 5.83. The van der Waals surface area contributed by atoms with E-state index in [1.54, 1.807) is 13.0 Å². The standard InChI is InChI=1S/C26H32FN7O2/c1-7-33(8-2)26-31-24(30-25(27)32-26)15-34(9-3)19-10-11-20(16(4)12-19)29-21-14-22(28-18(6)35)23(36)13-17(21)5/h10-14H,7-9,15H2,1-6H3,(H,28,35). The van der Waals surface area contributed by atoms with Gasteiger partial charge in [-0.15, -0.1) is 0 Å². The second kappa shape index (κ2) is 11.7. The van der Waals surface area contributed by atoms with Crippen LogP contribution in [-0.2, 0) is 16.1 Å². The summed E-state index contributed by atoms with van der Waals surface area (Å²) in [6.45, 7) is 13.4. The van der Waals surface area contributed by atoms with Gasteiger partial charge in [-0.05, 0) is 76.1 Å². The lowest BCUT2D eigenvalue weighted by Crippen LogP contribution is -2.28. The summed E-state index contributed by atoms with van der Waals surface area (Å²) in [5.41, 5.74) is 4.10. The van der Waals surface area contributed by atoms with Crippen molar-refractivity contribution in [2.75, 3.05) is 29.4 Å². The number of allylic oxidation sites excluding steroid dienone is 3. The maximum atomic E-state index is 14.1. The molecule has 1 aliphatic carbocycles. The molecular formula is C26H32FN7O2. The normalized spacial score (nSPS) is 14.4. The molecule has 0 fully saturated rings. The molecule has 0 aliphatic heterocycles. The number of hydrogen-bond acceptors (Lipinski definition) is 8. The number of hydrogen-bond donors (Lipinski definition) is 1. The summed E-state index contributed by atoms with van der Waals surface area (Å²) in [5, 5.41) is 2.55. The van der Waals surface area contributed by atoms with Crippen LogP contribution in [0, 0.1) is 13.0 Å². The predicted molar refractivity (Wildman–Crippen MR) is 139 cm³/mol. The molecule has 2 aromatic rings. The number of benzene rings is 1. The van der Waals surface area contributed by atoms with E-state index < -0.39 is 6.08 Å². The molecule has 1 amide bonds. The molecular weight excluding hydrogens is 461 g/mol. The van der Waals surface area contributed by atoms with E-state index >= 15 is 0 Å². The smallest absolute Gasteiger partial charge is 0.313 e. The van der Waals surface area contributed by atoms with E-state index in [1.165, 1.54) is 13.0 Å². The second-order valence-corrected chi connectivity index (χ2v) is 8.41. The van der Waals surface area contributed by atoms with Crippen LogP contribution in [0.2, 0.25) is 0 Å². The van der Waals surface area contributed by atoms with Gasteiger partial charge in [0.25, 0.3) is 0 Å². The molecule has 9 nitrogen and oxygen atoms in total. The molecule has 0 radical (unpaired) electrons. The van der Waals surface area contributed by atoms with Crippen LogP contribution in [0.5, 0.6) is 0 Å². The van der Waals surface area contributed by atoms with Crippen LogP contribution >= 0.6 is 0 Å². The number of carbonyl (C=O) groups excluding carboxylic acids is 2. The summed E-state index contributed by atoms with van der Waals surface area (Å²) in [6.07, 6.45) is 2.27. The summed E-state index contributed by atoms with van der Waals surface area (Å²) in [7, 11) is 0. The quantitative estimate of drug-likeness (QED) is 0.530. The molecule has 190 valence electrons. The number of aromatic nitrogens is 3. The van der Waals surface area contributed by atoms with Crippen LogP contribution in [0.4, 0.5) is 21.7 Å². The number of anilines is 2. The molecule has 3 rings (SSSR count). The highest BCUT2D eigenvalue weighted by Gasteiger charge is 2.18. The molecule has 10 heteroatoms. The van der Waals surface area contributed by atoms with Gasteiger partial charge in [-0.25, -0.2) is 4.99 Å². The monoisotopic (exact) mass is 493 g/mol. The van der Waals surface area contributed by atoms with E-state index in [1.807, 2.05) is 55.7 Å². The van der Waals surface area contributed by atoms with Crippen molar-refractivity contribution >= 4 is 34.7 Å². The average molecular weight is 494 g/mol. The number of aliphatic imine (C=N–C) groups is 1. The van der Waals surface area contributed by atoms with E-state index in [2.05, 4.69) is 20.3 Å². The first-order valence-electron chi connectivity index (χ1n) is 12.0. The van der Waals surface area contributed by atoms with Crippen LogP contribution in [0.1, 0.15) is 46.0 Å². The summed E-state index contributed by atoms with van der Waals surface area (Å²) < 4.78 is 14.1. The number of nitrogens with zero attached hydrogens (tertiary/aromatic N) is 6. The Morgan fingerprint density at radius 3 is 2.33 bits per heavy atom. The largest absolute Gasteiger partial charge is 0.364 e. The van der Waals surface area contributed by atoms with Gasteiger partial charge in [0.1, 0.15) is 0 Å². The molecule has 0 bridgehead atoms. The number of carbonyl (C=O) groups is 2. The Morgan fingerprint density at radius 1 is 1.03 bits per heavy atom. The Morgan fingerprint density at radius 2 is 1.72 bits per heavy atom. The highest BCUT2D eigenvalue weighted by atomic mass is 19.1. The summed E-state index contributed by atoms with van der Waals surface area (Å²) >= 11 is 0. The third-order valence-electron chi connectivity index (χ3n) is 5.80. The van der Waals surface area contributed by atoms with Gasteiger partial charge in [0.15, 0.2) is 5.82 Å². The number of aryl methyl sites for hydroxylation is 1. The zero-order valence-electron chi connectivity index (χ0n) is 21.6. The number of amides is 1. The summed E-state index contributed by atoms with van der Waals surface area (Å²) in [5.74, 6) is 0.120. The number of halogens is 1. The second-order valence-electron chi connectivity index (χ2n) is 8.41. The van der Waals surface area contributed by atoms with Gasteiger partial charge in [-0.1, -0.05) is 0 Å². The maximum absolute atomic E-state index is 14.1. The zero-order chi connectivity index (χ0) is 26.4. The first kappa shape index (κ1) is 26.7. The average Bonchev–Trinajstić information content (AvgIpc) is 2.82.